The van der Waals surface area contributed by atoms with Gasteiger partial charge in [-0.3, -0.25) is 4.79 Å². The zero-order chi connectivity index (χ0) is 11.7. The van der Waals surface area contributed by atoms with Crippen molar-refractivity contribution in [2.45, 2.75) is 57.7 Å². The summed E-state index contributed by atoms with van der Waals surface area (Å²) < 4.78 is 0. The summed E-state index contributed by atoms with van der Waals surface area (Å²) in [7, 11) is 0. The van der Waals surface area contributed by atoms with Crippen molar-refractivity contribution < 1.29 is 20.1 Å². The van der Waals surface area contributed by atoms with E-state index in [1.165, 1.54) is 0 Å². The Kier molecular flexibility index (Phi) is 8.56. The molecule has 0 rings (SSSR count). The van der Waals surface area contributed by atoms with E-state index < -0.39 is 18.8 Å². The average Bonchev–Trinajstić information content (AvgIpc) is 2.26. The van der Waals surface area contributed by atoms with Gasteiger partial charge in [-0.1, -0.05) is 32.6 Å². The highest BCUT2D eigenvalue weighted by molar-refractivity contribution is 5.83. The molecule has 15 heavy (non-hydrogen) atoms. The van der Waals surface area contributed by atoms with Crippen LogP contribution in [0.2, 0.25) is 0 Å². The second-order valence-corrected chi connectivity index (χ2v) is 3.83. The van der Waals surface area contributed by atoms with Gasteiger partial charge in [-0.2, -0.15) is 0 Å². The first kappa shape index (κ1) is 14.6. The number of aliphatic hydroxyl groups excluding tert-OH is 3. The van der Waals surface area contributed by atoms with Crippen LogP contribution in [-0.2, 0) is 4.79 Å². The molecule has 4 nitrogen and oxygen atoms in total. The maximum atomic E-state index is 11.3. The standard InChI is InChI=1S/C11H22O4/c1-2-3-4-5-6-7-9(13)11(15)10(14)8-12/h10-12,14-15H,2-8H2,1H3/t10-,11?/m1/s1. The summed E-state index contributed by atoms with van der Waals surface area (Å²) in [6.07, 6.45) is 2.64. The molecule has 90 valence electrons. The van der Waals surface area contributed by atoms with E-state index in [1.807, 2.05) is 0 Å². The van der Waals surface area contributed by atoms with Crippen LogP contribution in [0.5, 0.6) is 0 Å². The molecule has 0 bridgehead atoms. The molecular formula is C11H22O4. The van der Waals surface area contributed by atoms with E-state index in [9.17, 15) is 9.90 Å². The minimum absolute atomic E-state index is 0.280. The number of aliphatic hydroxyl groups is 3. The summed E-state index contributed by atoms with van der Waals surface area (Å²) in [6, 6.07) is 0. The average molecular weight is 218 g/mol. The molecule has 0 aromatic heterocycles. The van der Waals surface area contributed by atoms with Crippen LogP contribution >= 0.6 is 0 Å². The summed E-state index contributed by atoms with van der Waals surface area (Å²) >= 11 is 0. The Labute approximate surface area is 90.9 Å². The number of hydrogen-bond acceptors (Lipinski definition) is 4. The van der Waals surface area contributed by atoms with Gasteiger partial charge in [0, 0.05) is 6.42 Å². The molecule has 0 saturated carbocycles. The van der Waals surface area contributed by atoms with Crippen LogP contribution in [0.15, 0.2) is 0 Å². The molecule has 0 fully saturated rings. The van der Waals surface area contributed by atoms with Crippen LogP contribution < -0.4 is 0 Å². The van der Waals surface area contributed by atoms with Crippen molar-refractivity contribution in [3.63, 3.8) is 0 Å². The summed E-state index contributed by atoms with van der Waals surface area (Å²) in [4.78, 5) is 11.3. The molecule has 0 amide bonds. The first-order valence-electron chi connectivity index (χ1n) is 5.63. The summed E-state index contributed by atoms with van der Waals surface area (Å²) in [5.41, 5.74) is 0. The molecule has 0 aromatic rings. The molecule has 0 radical (unpaired) electrons. The first-order valence-corrected chi connectivity index (χ1v) is 5.63. The van der Waals surface area contributed by atoms with Crippen LogP contribution in [0.1, 0.15) is 45.4 Å². The van der Waals surface area contributed by atoms with Crippen LogP contribution in [-0.4, -0.2) is 39.9 Å². The monoisotopic (exact) mass is 218 g/mol. The van der Waals surface area contributed by atoms with Gasteiger partial charge in [-0.15, -0.1) is 0 Å². The number of carbonyl (C=O) groups excluding carboxylic acids is 1. The molecule has 0 saturated heterocycles. The van der Waals surface area contributed by atoms with Crippen molar-refractivity contribution in [2.75, 3.05) is 6.61 Å². The van der Waals surface area contributed by atoms with Gasteiger partial charge in [0.05, 0.1) is 6.61 Å². The fourth-order valence-electron chi connectivity index (χ4n) is 1.37. The van der Waals surface area contributed by atoms with E-state index in [4.69, 9.17) is 10.2 Å². The number of carbonyl (C=O) groups is 1. The quantitative estimate of drug-likeness (QED) is 0.496. The Hall–Kier alpha value is -0.450. The van der Waals surface area contributed by atoms with E-state index in [0.29, 0.717) is 0 Å². The third kappa shape index (κ3) is 6.60. The van der Waals surface area contributed by atoms with Gasteiger partial charge in [0.1, 0.15) is 12.2 Å². The van der Waals surface area contributed by atoms with Crippen molar-refractivity contribution in [3.05, 3.63) is 0 Å². The number of hydrogen-bond donors (Lipinski definition) is 3. The van der Waals surface area contributed by atoms with Crippen molar-refractivity contribution in [2.24, 2.45) is 0 Å². The number of rotatable bonds is 9. The minimum atomic E-state index is -1.43. The molecule has 0 aromatic carbocycles. The van der Waals surface area contributed by atoms with E-state index in [-0.39, 0.29) is 12.2 Å². The molecule has 2 atom stereocenters. The van der Waals surface area contributed by atoms with Gasteiger partial charge in [0.15, 0.2) is 5.78 Å². The lowest BCUT2D eigenvalue weighted by atomic mass is 10.0. The SMILES string of the molecule is CCCCCCCC(=O)C(O)[C@H](O)CO. The normalized spacial score (nSPS) is 14.9. The fourth-order valence-corrected chi connectivity index (χ4v) is 1.37. The van der Waals surface area contributed by atoms with Crippen LogP contribution in [0.3, 0.4) is 0 Å². The van der Waals surface area contributed by atoms with Gasteiger partial charge in [0.2, 0.25) is 0 Å². The Balaban J connectivity index is 3.56. The van der Waals surface area contributed by atoms with Gasteiger partial charge in [0.25, 0.3) is 0 Å². The van der Waals surface area contributed by atoms with E-state index in [0.717, 1.165) is 32.1 Å². The third-order valence-corrected chi connectivity index (χ3v) is 2.41. The van der Waals surface area contributed by atoms with Crippen LogP contribution in [0, 0.1) is 0 Å². The topological polar surface area (TPSA) is 77.8 Å². The van der Waals surface area contributed by atoms with Crippen molar-refractivity contribution in [1.82, 2.24) is 0 Å². The Bertz CT molecular complexity index is 170. The maximum absolute atomic E-state index is 11.3. The second-order valence-electron chi connectivity index (χ2n) is 3.83. The largest absolute Gasteiger partial charge is 0.394 e. The highest BCUT2D eigenvalue weighted by Gasteiger charge is 2.22. The van der Waals surface area contributed by atoms with Gasteiger partial charge in [-0.25, -0.2) is 0 Å². The van der Waals surface area contributed by atoms with Gasteiger partial charge >= 0.3 is 0 Å². The molecule has 0 aliphatic rings. The van der Waals surface area contributed by atoms with Crippen molar-refractivity contribution >= 4 is 5.78 Å². The summed E-state index contributed by atoms with van der Waals surface area (Å²) in [5, 5.41) is 26.8. The first-order chi connectivity index (χ1) is 7.13. The van der Waals surface area contributed by atoms with Gasteiger partial charge in [-0.05, 0) is 6.42 Å². The molecule has 4 heteroatoms. The van der Waals surface area contributed by atoms with E-state index >= 15 is 0 Å². The van der Waals surface area contributed by atoms with Crippen molar-refractivity contribution in [1.29, 1.82) is 0 Å². The predicted molar refractivity (Wildman–Crippen MR) is 57.5 cm³/mol. The lowest BCUT2D eigenvalue weighted by Crippen LogP contribution is -2.36. The predicted octanol–water partition coefficient (Wildman–Crippen LogP) is 0.630. The molecular weight excluding hydrogens is 196 g/mol. The zero-order valence-electron chi connectivity index (χ0n) is 9.35. The van der Waals surface area contributed by atoms with Gasteiger partial charge < -0.3 is 15.3 Å². The smallest absolute Gasteiger partial charge is 0.164 e. The molecule has 3 N–H and O–H groups in total. The fraction of sp³-hybridized carbons (Fsp3) is 0.909. The van der Waals surface area contributed by atoms with E-state index in [1.54, 1.807) is 0 Å². The third-order valence-electron chi connectivity index (χ3n) is 2.41. The minimum Gasteiger partial charge on any atom is -0.394 e. The molecule has 1 unspecified atom stereocenters. The van der Waals surface area contributed by atoms with Crippen LogP contribution in [0.25, 0.3) is 0 Å². The number of unbranched alkanes of at least 4 members (excludes halogenated alkanes) is 4. The molecule has 0 heterocycles. The number of Topliss-reactive ketones (excluding diaryl/α,β-unsaturated/α-hetero) is 1. The highest BCUT2D eigenvalue weighted by Crippen LogP contribution is 2.07. The lowest BCUT2D eigenvalue weighted by molar-refractivity contribution is -0.134. The lowest BCUT2D eigenvalue weighted by Gasteiger charge is -2.13. The maximum Gasteiger partial charge on any atom is 0.164 e. The molecule has 0 spiro atoms. The summed E-state index contributed by atoms with van der Waals surface area (Å²) in [5.74, 6) is -0.381. The van der Waals surface area contributed by atoms with Crippen molar-refractivity contribution in [3.8, 4) is 0 Å². The Morgan fingerprint density at radius 3 is 2.27 bits per heavy atom. The molecule has 0 aliphatic heterocycles. The summed E-state index contributed by atoms with van der Waals surface area (Å²) in [6.45, 7) is 1.54. The zero-order valence-corrected chi connectivity index (χ0v) is 9.35. The highest BCUT2D eigenvalue weighted by atomic mass is 16.4. The second kappa shape index (κ2) is 8.83. The molecule has 0 aliphatic carbocycles. The number of ketones is 1. The Morgan fingerprint density at radius 2 is 1.73 bits per heavy atom. The Morgan fingerprint density at radius 1 is 1.13 bits per heavy atom. The van der Waals surface area contributed by atoms with Crippen LogP contribution in [0.4, 0.5) is 0 Å². The van der Waals surface area contributed by atoms with E-state index in [2.05, 4.69) is 6.92 Å².